The van der Waals surface area contributed by atoms with Gasteiger partial charge in [0.2, 0.25) is 0 Å². The highest BCUT2D eigenvalue weighted by atomic mass is 79.9. The van der Waals surface area contributed by atoms with Gasteiger partial charge >= 0.3 is 0 Å². The van der Waals surface area contributed by atoms with E-state index in [1.54, 1.807) is 18.2 Å². The second-order valence-electron chi connectivity index (χ2n) is 4.21. The quantitative estimate of drug-likeness (QED) is 0.781. The minimum Gasteiger partial charge on any atom is -0.331 e. The average Bonchev–Trinajstić information content (AvgIpc) is 2.45. The van der Waals surface area contributed by atoms with Crippen LogP contribution in [0.25, 0.3) is 10.8 Å². The van der Waals surface area contributed by atoms with Gasteiger partial charge in [-0.3, -0.25) is 9.78 Å². The molecule has 2 rings (SSSR count). The Morgan fingerprint density at radius 3 is 2.75 bits per heavy atom. The predicted molar refractivity (Wildman–Crippen MR) is 77.4 cm³/mol. The molecular formula is C14H13BrF2N2O. The third-order valence-electron chi connectivity index (χ3n) is 2.88. The molecule has 0 atom stereocenters. The number of hydrogen-bond acceptors (Lipinski definition) is 2. The fourth-order valence-electron chi connectivity index (χ4n) is 1.98. The Labute approximate surface area is 123 Å². The molecule has 1 heterocycles. The summed E-state index contributed by atoms with van der Waals surface area (Å²) >= 11 is 3.17. The van der Waals surface area contributed by atoms with E-state index in [-0.39, 0.29) is 12.2 Å². The van der Waals surface area contributed by atoms with Crippen LogP contribution >= 0.6 is 15.9 Å². The lowest BCUT2D eigenvalue weighted by atomic mass is 10.1. The SMILES string of the molecule is O=C(c1nccc2ccccc12)N(CCBr)CC(F)F. The first-order valence-corrected chi connectivity index (χ1v) is 7.22. The number of carbonyl (C=O) groups is 1. The summed E-state index contributed by atoms with van der Waals surface area (Å²) in [6.07, 6.45) is -1.04. The number of carbonyl (C=O) groups excluding carboxylic acids is 1. The largest absolute Gasteiger partial charge is 0.331 e. The van der Waals surface area contributed by atoms with Crippen molar-refractivity contribution < 1.29 is 13.6 Å². The zero-order valence-corrected chi connectivity index (χ0v) is 12.2. The van der Waals surface area contributed by atoms with Gasteiger partial charge in [-0.25, -0.2) is 8.78 Å². The first kappa shape index (κ1) is 14.8. The molecule has 0 unspecified atom stereocenters. The van der Waals surface area contributed by atoms with E-state index in [0.717, 1.165) is 10.3 Å². The Morgan fingerprint density at radius 2 is 2.05 bits per heavy atom. The standard InChI is InChI=1S/C14H13BrF2N2O/c15-6-8-19(9-12(16)17)14(20)13-11-4-2-1-3-10(11)5-7-18-13/h1-5,7,12H,6,8-9H2. The highest BCUT2D eigenvalue weighted by Gasteiger charge is 2.21. The Bertz CT molecular complexity index is 601. The fourth-order valence-corrected chi connectivity index (χ4v) is 2.41. The van der Waals surface area contributed by atoms with Crippen molar-refractivity contribution in [3.63, 3.8) is 0 Å². The molecule has 0 spiro atoms. The lowest BCUT2D eigenvalue weighted by molar-refractivity contribution is 0.0569. The minimum atomic E-state index is -2.56. The Morgan fingerprint density at radius 1 is 1.30 bits per heavy atom. The van der Waals surface area contributed by atoms with Crippen molar-refractivity contribution >= 4 is 32.6 Å². The number of halogens is 3. The molecular weight excluding hydrogens is 330 g/mol. The summed E-state index contributed by atoms with van der Waals surface area (Å²) in [5, 5.41) is 1.98. The smallest absolute Gasteiger partial charge is 0.273 e. The van der Waals surface area contributed by atoms with Gasteiger partial charge in [-0.2, -0.15) is 0 Å². The number of fused-ring (bicyclic) bond motifs is 1. The number of nitrogens with zero attached hydrogens (tertiary/aromatic N) is 2. The predicted octanol–water partition coefficient (Wildman–Crippen LogP) is 3.34. The molecule has 20 heavy (non-hydrogen) atoms. The molecule has 0 N–H and O–H groups in total. The number of benzene rings is 1. The topological polar surface area (TPSA) is 33.2 Å². The van der Waals surface area contributed by atoms with Gasteiger partial charge in [0.05, 0.1) is 6.54 Å². The van der Waals surface area contributed by atoms with Crippen molar-refractivity contribution in [3.8, 4) is 0 Å². The summed E-state index contributed by atoms with van der Waals surface area (Å²) in [4.78, 5) is 17.6. The summed E-state index contributed by atoms with van der Waals surface area (Å²) in [6.45, 7) is -0.372. The molecule has 0 aliphatic rings. The summed E-state index contributed by atoms with van der Waals surface area (Å²) in [5.41, 5.74) is 0.213. The number of amides is 1. The monoisotopic (exact) mass is 342 g/mol. The number of pyridine rings is 1. The van der Waals surface area contributed by atoms with Crippen LogP contribution in [0.4, 0.5) is 8.78 Å². The van der Waals surface area contributed by atoms with Crippen molar-refractivity contribution in [2.24, 2.45) is 0 Å². The molecule has 0 aliphatic heterocycles. The van der Waals surface area contributed by atoms with Gasteiger partial charge in [-0.1, -0.05) is 40.2 Å². The van der Waals surface area contributed by atoms with Crippen molar-refractivity contribution in [1.82, 2.24) is 9.88 Å². The fraction of sp³-hybridized carbons (Fsp3) is 0.286. The molecule has 106 valence electrons. The summed E-state index contributed by atoms with van der Waals surface area (Å²) in [5.74, 6) is -0.471. The molecule has 0 radical (unpaired) electrons. The summed E-state index contributed by atoms with van der Waals surface area (Å²) in [6, 6.07) is 9.06. The summed E-state index contributed by atoms with van der Waals surface area (Å²) < 4.78 is 25.1. The van der Waals surface area contributed by atoms with Crippen LogP contribution in [-0.2, 0) is 0 Å². The van der Waals surface area contributed by atoms with E-state index in [9.17, 15) is 13.6 Å². The van der Waals surface area contributed by atoms with Crippen molar-refractivity contribution in [1.29, 1.82) is 0 Å². The third-order valence-corrected chi connectivity index (χ3v) is 3.23. The van der Waals surface area contributed by atoms with Gasteiger partial charge in [-0.05, 0) is 11.5 Å². The Balaban J connectivity index is 2.38. The van der Waals surface area contributed by atoms with E-state index >= 15 is 0 Å². The third kappa shape index (κ3) is 3.30. The van der Waals surface area contributed by atoms with Crippen LogP contribution in [0.1, 0.15) is 10.5 Å². The molecule has 0 fully saturated rings. The normalized spacial score (nSPS) is 11.0. The maximum Gasteiger partial charge on any atom is 0.273 e. The minimum absolute atomic E-state index is 0.213. The van der Waals surface area contributed by atoms with Crippen LogP contribution in [0.2, 0.25) is 0 Å². The molecule has 0 saturated heterocycles. The van der Waals surface area contributed by atoms with Crippen LogP contribution in [0, 0.1) is 0 Å². The lowest BCUT2D eigenvalue weighted by Crippen LogP contribution is -2.37. The van der Waals surface area contributed by atoms with Crippen molar-refractivity contribution in [2.75, 3.05) is 18.4 Å². The lowest BCUT2D eigenvalue weighted by Gasteiger charge is -2.21. The first-order chi connectivity index (χ1) is 9.63. The van der Waals surface area contributed by atoms with E-state index in [2.05, 4.69) is 20.9 Å². The second-order valence-corrected chi connectivity index (χ2v) is 5.00. The molecule has 6 heteroatoms. The van der Waals surface area contributed by atoms with E-state index in [1.165, 1.54) is 6.20 Å². The van der Waals surface area contributed by atoms with Crippen molar-refractivity contribution in [2.45, 2.75) is 6.43 Å². The van der Waals surface area contributed by atoms with Crippen LogP contribution < -0.4 is 0 Å². The molecule has 1 amide bonds. The Hall–Kier alpha value is -1.56. The van der Waals surface area contributed by atoms with E-state index in [0.29, 0.717) is 10.7 Å². The molecule has 1 aromatic carbocycles. The second kappa shape index (κ2) is 6.74. The highest BCUT2D eigenvalue weighted by Crippen LogP contribution is 2.18. The van der Waals surface area contributed by atoms with Gasteiger partial charge in [0, 0.05) is 23.5 Å². The maximum absolute atomic E-state index is 12.6. The number of alkyl halides is 3. The van der Waals surface area contributed by atoms with E-state index in [1.807, 2.05) is 12.1 Å². The van der Waals surface area contributed by atoms with Crippen LogP contribution in [0.5, 0.6) is 0 Å². The number of hydrogen-bond donors (Lipinski definition) is 0. The van der Waals surface area contributed by atoms with Gasteiger partial charge in [0.1, 0.15) is 5.69 Å². The zero-order valence-electron chi connectivity index (χ0n) is 10.6. The molecule has 0 saturated carbocycles. The van der Waals surface area contributed by atoms with Gasteiger partial charge in [-0.15, -0.1) is 0 Å². The summed E-state index contributed by atoms with van der Waals surface area (Å²) in [7, 11) is 0. The zero-order chi connectivity index (χ0) is 14.5. The molecule has 0 aliphatic carbocycles. The number of rotatable bonds is 5. The molecule has 2 aromatic rings. The van der Waals surface area contributed by atoms with Crippen LogP contribution in [0.15, 0.2) is 36.5 Å². The van der Waals surface area contributed by atoms with Gasteiger partial charge in [0.15, 0.2) is 0 Å². The van der Waals surface area contributed by atoms with Crippen LogP contribution in [0.3, 0.4) is 0 Å². The van der Waals surface area contributed by atoms with Gasteiger partial charge < -0.3 is 4.90 Å². The van der Waals surface area contributed by atoms with E-state index < -0.39 is 18.9 Å². The maximum atomic E-state index is 12.6. The molecule has 1 aromatic heterocycles. The van der Waals surface area contributed by atoms with E-state index in [4.69, 9.17) is 0 Å². The molecule has 0 bridgehead atoms. The number of aromatic nitrogens is 1. The highest BCUT2D eigenvalue weighted by molar-refractivity contribution is 9.09. The first-order valence-electron chi connectivity index (χ1n) is 6.10. The Kier molecular flexibility index (Phi) is 5.00. The van der Waals surface area contributed by atoms with Crippen molar-refractivity contribution in [3.05, 3.63) is 42.2 Å². The average molecular weight is 343 g/mol. The molecule has 3 nitrogen and oxygen atoms in total. The van der Waals surface area contributed by atoms with Crippen LogP contribution in [-0.4, -0.2) is 40.6 Å². The van der Waals surface area contributed by atoms with Gasteiger partial charge in [0.25, 0.3) is 12.3 Å².